The van der Waals surface area contributed by atoms with E-state index in [0.29, 0.717) is 17.8 Å². The number of hydrogen-bond donors (Lipinski definition) is 1. The summed E-state index contributed by atoms with van der Waals surface area (Å²) in [5, 5.41) is 2.87. The Balaban J connectivity index is 1.99. The van der Waals surface area contributed by atoms with Crippen LogP contribution in [0.4, 0.5) is 5.69 Å². The SMILES string of the molecule is CC(=O)c1cccc(NC(=O)[C@@H](C)N(C)Cc2ccccc2)c1. The molecule has 0 aliphatic carbocycles. The highest BCUT2D eigenvalue weighted by Crippen LogP contribution is 2.13. The molecule has 0 fully saturated rings. The zero-order chi connectivity index (χ0) is 16.8. The molecule has 0 unspecified atom stereocenters. The van der Waals surface area contributed by atoms with Crippen molar-refractivity contribution >= 4 is 17.4 Å². The van der Waals surface area contributed by atoms with E-state index in [9.17, 15) is 9.59 Å². The summed E-state index contributed by atoms with van der Waals surface area (Å²) in [6.07, 6.45) is 0. The van der Waals surface area contributed by atoms with Gasteiger partial charge < -0.3 is 5.32 Å². The average molecular weight is 310 g/mol. The van der Waals surface area contributed by atoms with Crippen LogP contribution < -0.4 is 5.32 Å². The number of nitrogens with one attached hydrogen (secondary N) is 1. The van der Waals surface area contributed by atoms with Crippen molar-refractivity contribution < 1.29 is 9.59 Å². The second-order valence-electron chi connectivity index (χ2n) is 5.70. The van der Waals surface area contributed by atoms with Crippen LogP contribution in [0.15, 0.2) is 54.6 Å². The van der Waals surface area contributed by atoms with Crippen molar-refractivity contribution in [3.8, 4) is 0 Å². The number of carbonyl (C=O) groups is 2. The Bertz CT molecular complexity index is 683. The van der Waals surface area contributed by atoms with Crippen molar-refractivity contribution in [2.24, 2.45) is 0 Å². The minimum atomic E-state index is -0.281. The van der Waals surface area contributed by atoms with E-state index >= 15 is 0 Å². The van der Waals surface area contributed by atoms with Crippen LogP contribution >= 0.6 is 0 Å². The molecule has 120 valence electrons. The summed E-state index contributed by atoms with van der Waals surface area (Å²) in [4.78, 5) is 25.8. The highest BCUT2D eigenvalue weighted by Gasteiger charge is 2.18. The Morgan fingerprint density at radius 3 is 2.43 bits per heavy atom. The summed E-state index contributed by atoms with van der Waals surface area (Å²) in [7, 11) is 1.92. The molecular weight excluding hydrogens is 288 g/mol. The fourth-order valence-electron chi connectivity index (χ4n) is 2.27. The summed E-state index contributed by atoms with van der Waals surface area (Å²) in [6, 6.07) is 16.7. The lowest BCUT2D eigenvalue weighted by Crippen LogP contribution is -2.39. The summed E-state index contributed by atoms with van der Waals surface area (Å²) in [6.45, 7) is 4.08. The maximum absolute atomic E-state index is 12.4. The molecular formula is C19H22N2O2. The third kappa shape index (κ3) is 4.76. The zero-order valence-electron chi connectivity index (χ0n) is 13.7. The molecule has 1 N–H and O–H groups in total. The topological polar surface area (TPSA) is 49.4 Å². The van der Waals surface area contributed by atoms with Crippen LogP contribution in [0.3, 0.4) is 0 Å². The number of carbonyl (C=O) groups excluding carboxylic acids is 2. The van der Waals surface area contributed by atoms with Crippen LogP contribution in [-0.4, -0.2) is 29.7 Å². The van der Waals surface area contributed by atoms with Crippen molar-refractivity contribution in [1.82, 2.24) is 4.90 Å². The number of Topliss-reactive ketones (excluding diaryl/α,β-unsaturated/α-hetero) is 1. The summed E-state index contributed by atoms with van der Waals surface area (Å²) < 4.78 is 0. The molecule has 0 heterocycles. The second kappa shape index (κ2) is 7.70. The first-order valence-electron chi connectivity index (χ1n) is 7.63. The van der Waals surface area contributed by atoms with Gasteiger partial charge in [-0.2, -0.15) is 0 Å². The molecule has 0 radical (unpaired) electrons. The summed E-state index contributed by atoms with van der Waals surface area (Å²) >= 11 is 0. The Kier molecular flexibility index (Phi) is 5.66. The molecule has 0 aliphatic heterocycles. The lowest BCUT2D eigenvalue weighted by molar-refractivity contribution is -0.120. The predicted octanol–water partition coefficient (Wildman–Crippen LogP) is 3.35. The van der Waals surface area contributed by atoms with Gasteiger partial charge in [0.25, 0.3) is 0 Å². The van der Waals surface area contributed by atoms with E-state index in [0.717, 1.165) is 5.56 Å². The number of rotatable bonds is 6. The number of benzene rings is 2. The fourth-order valence-corrected chi connectivity index (χ4v) is 2.27. The maximum Gasteiger partial charge on any atom is 0.241 e. The van der Waals surface area contributed by atoms with Crippen molar-refractivity contribution in [3.05, 3.63) is 65.7 Å². The van der Waals surface area contributed by atoms with E-state index in [1.807, 2.05) is 49.2 Å². The highest BCUT2D eigenvalue weighted by atomic mass is 16.2. The number of nitrogens with zero attached hydrogens (tertiary/aromatic N) is 1. The third-order valence-electron chi connectivity index (χ3n) is 3.85. The normalized spacial score (nSPS) is 12.0. The van der Waals surface area contributed by atoms with Gasteiger partial charge in [-0.3, -0.25) is 14.5 Å². The molecule has 1 atom stereocenters. The molecule has 4 nitrogen and oxygen atoms in total. The number of likely N-dealkylation sites (N-methyl/N-ethyl adjacent to an activating group) is 1. The summed E-state index contributed by atoms with van der Waals surface area (Å²) in [5.74, 6) is -0.112. The Hall–Kier alpha value is -2.46. The minimum Gasteiger partial charge on any atom is -0.325 e. The van der Waals surface area contributed by atoms with Gasteiger partial charge >= 0.3 is 0 Å². The Morgan fingerprint density at radius 2 is 1.78 bits per heavy atom. The molecule has 0 aromatic heterocycles. The first-order chi connectivity index (χ1) is 11.0. The summed E-state index contributed by atoms with van der Waals surface area (Å²) in [5.41, 5.74) is 2.39. The largest absolute Gasteiger partial charge is 0.325 e. The van der Waals surface area contributed by atoms with Crippen molar-refractivity contribution in [2.75, 3.05) is 12.4 Å². The Morgan fingerprint density at radius 1 is 1.09 bits per heavy atom. The van der Waals surface area contributed by atoms with Gasteiger partial charge in [0.1, 0.15) is 0 Å². The molecule has 0 aliphatic rings. The van der Waals surface area contributed by atoms with Crippen LogP contribution in [-0.2, 0) is 11.3 Å². The van der Waals surface area contributed by atoms with Crippen LogP contribution in [0, 0.1) is 0 Å². The van der Waals surface area contributed by atoms with Crippen molar-refractivity contribution in [3.63, 3.8) is 0 Å². The van der Waals surface area contributed by atoms with Gasteiger partial charge in [-0.1, -0.05) is 42.5 Å². The van der Waals surface area contributed by atoms with Crippen LogP contribution in [0.25, 0.3) is 0 Å². The zero-order valence-corrected chi connectivity index (χ0v) is 13.7. The molecule has 2 aromatic rings. The first-order valence-corrected chi connectivity index (χ1v) is 7.63. The number of ketones is 1. The van der Waals surface area contributed by atoms with E-state index in [2.05, 4.69) is 5.32 Å². The van der Waals surface area contributed by atoms with Crippen molar-refractivity contribution in [1.29, 1.82) is 0 Å². The number of anilines is 1. The Labute approximate surface area is 137 Å². The number of hydrogen-bond acceptors (Lipinski definition) is 3. The van der Waals surface area contributed by atoms with Crippen LogP contribution in [0.1, 0.15) is 29.8 Å². The van der Waals surface area contributed by atoms with Gasteiger partial charge in [-0.05, 0) is 38.6 Å². The lowest BCUT2D eigenvalue weighted by atomic mass is 10.1. The van der Waals surface area contributed by atoms with Gasteiger partial charge in [0.05, 0.1) is 6.04 Å². The molecule has 2 rings (SSSR count). The molecule has 0 saturated carbocycles. The van der Waals surface area contributed by atoms with Gasteiger partial charge in [0.15, 0.2) is 5.78 Å². The smallest absolute Gasteiger partial charge is 0.241 e. The predicted molar refractivity (Wildman–Crippen MR) is 92.4 cm³/mol. The number of amides is 1. The monoisotopic (exact) mass is 310 g/mol. The molecule has 0 saturated heterocycles. The average Bonchev–Trinajstić information content (AvgIpc) is 2.55. The first kappa shape index (κ1) is 16.9. The third-order valence-corrected chi connectivity index (χ3v) is 3.85. The fraction of sp³-hybridized carbons (Fsp3) is 0.263. The quantitative estimate of drug-likeness (QED) is 0.832. The van der Waals surface area contributed by atoms with E-state index in [-0.39, 0.29) is 17.7 Å². The molecule has 1 amide bonds. The molecule has 23 heavy (non-hydrogen) atoms. The lowest BCUT2D eigenvalue weighted by Gasteiger charge is -2.24. The highest BCUT2D eigenvalue weighted by molar-refractivity contribution is 5.98. The van der Waals surface area contributed by atoms with E-state index in [1.165, 1.54) is 6.92 Å². The molecule has 4 heteroatoms. The maximum atomic E-state index is 12.4. The molecule has 2 aromatic carbocycles. The van der Waals surface area contributed by atoms with Crippen LogP contribution in [0.2, 0.25) is 0 Å². The van der Waals surface area contributed by atoms with Crippen LogP contribution in [0.5, 0.6) is 0 Å². The van der Waals surface area contributed by atoms with Gasteiger partial charge in [0.2, 0.25) is 5.91 Å². The van der Waals surface area contributed by atoms with E-state index < -0.39 is 0 Å². The van der Waals surface area contributed by atoms with E-state index in [1.54, 1.807) is 24.3 Å². The molecule has 0 spiro atoms. The van der Waals surface area contributed by atoms with Gasteiger partial charge in [-0.15, -0.1) is 0 Å². The van der Waals surface area contributed by atoms with E-state index in [4.69, 9.17) is 0 Å². The minimum absolute atomic E-state index is 0.0182. The molecule has 0 bridgehead atoms. The standard InChI is InChI=1S/C19H22N2O2/c1-14(21(3)13-16-8-5-4-6-9-16)19(23)20-18-11-7-10-17(12-18)15(2)22/h4-12,14H,13H2,1-3H3,(H,20,23)/t14-/m1/s1. The van der Waals surface area contributed by atoms with Gasteiger partial charge in [-0.25, -0.2) is 0 Å². The second-order valence-corrected chi connectivity index (χ2v) is 5.70. The van der Waals surface area contributed by atoms with Gasteiger partial charge in [0, 0.05) is 17.8 Å². The van der Waals surface area contributed by atoms with Crippen molar-refractivity contribution in [2.45, 2.75) is 26.4 Å².